The van der Waals surface area contributed by atoms with Gasteiger partial charge in [-0.2, -0.15) is 0 Å². The maximum Gasteiger partial charge on any atom is 0.325 e. The fourth-order valence-electron chi connectivity index (χ4n) is 3.69. The number of hydrogen-bond acceptors (Lipinski definition) is 4. The number of urea groups is 1. The van der Waals surface area contributed by atoms with Crippen LogP contribution in [0.4, 0.5) is 4.79 Å². The van der Waals surface area contributed by atoms with Gasteiger partial charge in [-0.15, -0.1) is 0 Å². The summed E-state index contributed by atoms with van der Waals surface area (Å²) in [5.74, 6) is 0.573. The molecule has 1 aromatic carbocycles. The predicted molar refractivity (Wildman–Crippen MR) is 109 cm³/mol. The molecule has 0 bridgehead atoms. The summed E-state index contributed by atoms with van der Waals surface area (Å²) in [6.45, 7) is 3.92. The number of hydrogen-bond donors (Lipinski definition) is 1. The number of imidazole rings is 1. The molecule has 1 aliphatic heterocycles. The average molecular weight is 392 g/mol. The first-order valence-corrected chi connectivity index (χ1v) is 9.60. The fourth-order valence-corrected chi connectivity index (χ4v) is 3.69. The standard InChI is InChI=1S/C22H24N4O3/c1-15-5-4-12-25-13-17(23-19(15)25)14-26-20(27)22(2,24-21(26)28)11-10-16-6-8-18(29-3)9-7-16/h4-9,12-13H,10-11,14H2,1-3H3,(H,24,28)/t22-/m1/s1. The molecular weight excluding hydrogens is 368 g/mol. The van der Waals surface area contributed by atoms with Crippen LogP contribution in [-0.2, 0) is 17.8 Å². The number of nitrogens with one attached hydrogen (secondary N) is 1. The zero-order valence-electron chi connectivity index (χ0n) is 16.8. The van der Waals surface area contributed by atoms with Gasteiger partial charge in [0.2, 0.25) is 0 Å². The minimum atomic E-state index is -0.925. The molecule has 1 N–H and O–H groups in total. The van der Waals surface area contributed by atoms with E-state index in [1.165, 1.54) is 4.90 Å². The molecular formula is C22H24N4O3. The molecule has 0 aliphatic carbocycles. The normalized spacial score (nSPS) is 19.1. The van der Waals surface area contributed by atoms with Gasteiger partial charge in [-0.05, 0) is 56.0 Å². The van der Waals surface area contributed by atoms with Gasteiger partial charge in [0.1, 0.15) is 16.9 Å². The second kappa shape index (κ2) is 7.24. The topological polar surface area (TPSA) is 75.9 Å². The fraction of sp³-hybridized carbons (Fsp3) is 0.318. The highest BCUT2D eigenvalue weighted by molar-refractivity contribution is 6.06. The van der Waals surface area contributed by atoms with E-state index in [-0.39, 0.29) is 18.5 Å². The van der Waals surface area contributed by atoms with Crippen LogP contribution in [0.25, 0.3) is 5.65 Å². The highest BCUT2D eigenvalue weighted by Crippen LogP contribution is 2.25. The van der Waals surface area contributed by atoms with E-state index in [0.717, 1.165) is 22.5 Å². The van der Waals surface area contributed by atoms with Crippen molar-refractivity contribution in [1.29, 1.82) is 0 Å². The maximum atomic E-state index is 13.0. The number of nitrogens with zero attached hydrogens (tertiary/aromatic N) is 3. The Hall–Kier alpha value is -3.35. The van der Waals surface area contributed by atoms with Gasteiger partial charge < -0.3 is 14.5 Å². The molecule has 150 valence electrons. The number of fused-ring (bicyclic) bond motifs is 1. The average Bonchev–Trinajstić information content (AvgIpc) is 3.22. The molecule has 3 aromatic rings. The third kappa shape index (κ3) is 3.55. The van der Waals surface area contributed by atoms with Gasteiger partial charge in [-0.1, -0.05) is 18.2 Å². The van der Waals surface area contributed by atoms with Crippen molar-refractivity contribution in [3.8, 4) is 5.75 Å². The van der Waals surface area contributed by atoms with Crippen LogP contribution in [0.2, 0.25) is 0 Å². The van der Waals surface area contributed by atoms with Crippen molar-refractivity contribution in [2.75, 3.05) is 7.11 Å². The van der Waals surface area contributed by atoms with Gasteiger partial charge in [0.05, 0.1) is 19.3 Å². The molecule has 29 heavy (non-hydrogen) atoms. The monoisotopic (exact) mass is 392 g/mol. The number of rotatable bonds is 6. The Bertz CT molecular complexity index is 1070. The van der Waals surface area contributed by atoms with E-state index in [4.69, 9.17) is 4.74 Å². The molecule has 0 spiro atoms. The van der Waals surface area contributed by atoms with Crippen molar-refractivity contribution in [2.24, 2.45) is 0 Å². The minimum absolute atomic E-state index is 0.157. The molecule has 4 rings (SSSR count). The molecule has 7 heteroatoms. The number of methoxy groups -OCH3 is 1. The molecule has 1 saturated heterocycles. The van der Waals surface area contributed by atoms with Gasteiger partial charge >= 0.3 is 6.03 Å². The van der Waals surface area contributed by atoms with E-state index in [2.05, 4.69) is 10.3 Å². The number of ether oxygens (including phenoxy) is 1. The van der Waals surface area contributed by atoms with E-state index in [9.17, 15) is 9.59 Å². The molecule has 1 atom stereocenters. The number of carbonyl (C=O) groups is 2. The summed E-state index contributed by atoms with van der Waals surface area (Å²) in [4.78, 5) is 31.4. The van der Waals surface area contributed by atoms with Gasteiger partial charge in [0.25, 0.3) is 5.91 Å². The zero-order chi connectivity index (χ0) is 20.6. The Labute approximate surface area is 169 Å². The van der Waals surface area contributed by atoms with Crippen molar-refractivity contribution >= 4 is 17.6 Å². The summed E-state index contributed by atoms with van der Waals surface area (Å²) in [6, 6.07) is 11.3. The van der Waals surface area contributed by atoms with E-state index in [0.29, 0.717) is 18.5 Å². The predicted octanol–water partition coefficient (Wildman–Crippen LogP) is 3.09. The van der Waals surface area contributed by atoms with Gasteiger partial charge in [0.15, 0.2) is 0 Å². The van der Waals surface area contributed by atoms with Crippen LogP contribution in [-0.4, -0.2) is 38.9 Å². The Kier molecular flexibility index (Phi) is 4.74. The summed E-state index contributed by atoms with van der Waals surface area (Å²) in [5.41, 5.74) is 2.72. The van der Waals surface area contributed by atoms with Crippen LogP contribution in [0.3, 0.4) is 0 Å². The summed E-state index contributed by atoms with van der Waals surface area (Å²) >= 11 is 0. The zero-order valence-corrected chi connectivity index (χ0v) is 16.8. The molecule has 3 heterocycles. The van der Waals surface area contributed by atoms with E-state index in [1.807, 2.05) is 60.1 Å². The second-order valence-electron chi connectivity index (χ2n) is 7.66. The van der Waals surface area contributed by atoms with Crippen molar-refractivity contribution in [2.45, 2.75) is 38.8 Å². The van der Waals surface area contributed by atoms with E-state index < -0.39 is 5.54 Å². The highest BCUT2D eigenvalue weighted by atomic mass is 16.5. The summed E-state index contributed by atoms with van der Waals surface area (Å²) in [7, 11) is 1.63. The Morgan fingerprint density at radius 3 is 2.62 bits per heavy atom. The number of imide groups is 1. The molecule has 0 saturated carbocycles. The van der Waals surface area contributed by atoms with Crippen molar-refractivity contribution < 1.29 is 14.3 Å². The lowest BCUT2D eigenvalue weighted by Crippen LogP contribution is -2.44. The molecule has 7 nitrogen and oxygen atoms in total. The number of aryl methyl sites for hydroxylation is 2. The molecule has 1 fully saturated rings. The second-order valence-corrected chi connectivity index (χ2v) is 7.66. The van der Waals surface area contributed by atoms with Gasteiger partial charge in [0, 0.05) is 12.4 Å². The van der Waals surface area contributed by atoms with Gasteiger partial charge in [-0.3, -0.25) is 9.69 Å². The smallest absolute Gasteiger partial charge is 0.325 e. The number of pyridine rings is 1. The quantitative estimate of drug-likeness (QED) is 0.654. The number of amides is 3. The lowest BCUT2D eigenvalue weighted by molar-refractivity contribution is -0.131. The lowest BCUT2D eigenvalue weighted by atomic mass is 9.93. The molecule has 1 aliphatic rings. The Morgan fingerprint density at radius 2 is 1.93 bits per heavy atom. The van der Waals surface area contributed by atoms with Crippen LogP contribution in [0, 0.1) is 6.92 Å². The lowest BCUT2D eigenvalue weighted by Gasteiger charge is -2.21. The van der Waals surface area contributed by atoms with Crippen molar-refractivity contribution in [3.63, 3.8) is 0 Å². The largest absolute Gasteiger partial charge is 0.497 e. The van der Waals surface area contributed by atoms with Crippen LogP contribution < -0.4 is 10.1 Å². The molecule has 0 radical (unpaired) electrons. The Balaban J connectivity index is 1.47. The maximum absolute atomic E-state index is 13.0. The Morgan fingerprint density at radius 1 is 1.17 bits per heavy atom. The summed E-state index contributed by atoms with van der Waals surface area (Å²) in [5, 5.41) is 2.87. The van der Waals surface area contributed by atoms with E-state index >= 15 is 0 Å². The number of benzene rings is 1. The number of carbonyl (C=O) groups excluding carboxylic acids is 2. The first kappa shape index (κ1) is 19.0. The van der Waals surface area contributed by atoms with Crippen LogP contribution >= 0.6 is 0 Å². The van der Waals surface area contributed by atoms with Crippen molar-refractivity contribution in [1.82, 2.24) is 19.6 Å². The molecule has 0 unspecified atom stereocenters. The SMILES string of the molecule is COc1ccc(CC[C@@]2(C)NC(=O)N(Cc3cn4cccc(C)c4n3)C2=O)cc1. The summed E-state index contributed by atoms with van der Waals surface area (Å²) < 4.78 is 7.08. The highest BCUT2D eigenvalue weighted by Gasteiger charge is 2.47. The van der Waals surface area contributed by atoms with Crippen molar-refractivity contribution in [3.05, 3.63) is 65.6 Å². The first-order valence-electron chi connectivity index (χ1n) is 9.60. The molecule has 3 amide bonds. The first-order chi connectivity index (χ1) is 13.9. The summed E-state index contributed by atoms with van der Waals surface area (Å²) in [6.07, 6.45) is 4.96. The van der Waals surface area contributed by atoms with E-state index in [1.54, 1.807) is 14.0 Å². The third-order valence-corrected chi connectivity index (χ3v) is 5.47. The third-order valence-electron chi connectivity index (χ3n) is 5.47. The number of aromatic nitrogens is 2. The minimum Gasteiger partial charge on any atom is -0.497 e. The van der Waals surface area contributed by atoms with Crippen LogP contribution in [0.5, 0.6) is 5.75 Å². The van der Waals surface area contributed by atoms with Crippen LogP contribution in [0.15, 0.2) is 48.8 Å². The van der Waals surface area contributed by atoms with Gasteiger partial charge in [-0.25, -0.2) is 9.78 Å². The van der Waals surface area contributed by atoms with Crippen LogP contribution in [0.1, 0.15) is 30.2 Å². The molecule has 2 aromatic heterocycles.